The minimum absolute atomic E-state index is 0. The number of sulfonamides is 1. The van der Waals surface area contributed by atoms with Crippen molar-refractivity contribution < 1.29 is 8.42 Å². The molecule has 0 bridgehead atoms. The summed E-state index contributed by atoms with van der Waals surface area (Å²) in [5.41, 5.74) is 0. The highest BCUT2D eigenvalue weighted by atomic mass is 127. The second-order valence-electron chi connectivity index (χ2n) is 4.84. The van der Waals surface area contributed by atoms with E-state index >= 15 is 0 Å². The molecule has 2 atom stereocenters. The Morgan fingerprint density at radius 1 is 1.43 bits per heavy atom. The van der Waals surface area contributed by atoms with Crippen LogP contribution in [0.1, 0.15) is 26.2 Å². The fourth-order valence-corrected chi connectivity index (χ4v) is 2.64. The predicted octanol–water partition coefficient (Wildman–Crippen LogP) is 0.401. The van der Waals surface area contributed by atoms with Crippen molar-refractivity contribution in [2.75, 3.05) is 25.9 Å². The average molecular weight is 429 g/mol. The highest BCUT2D eigenvalue weighted by Gasteiger charge is 2.27. The van der Waals surface area contributed by atoms with Crippen molar-refractivity contribution in [1.29, 1.82) is 5.26 Å². The molecule has 1 rings (SSSR count). The lowest BCUT2D eigenvalue weighted by atomic mass is 10.1. The van der Waals surface area contributed by atoms with Gasteiger partial charge in [-0.05, 0) is 26.2 Å². The molecule has 1 fully saturated rings. The Kier molecular flexibility index (Phi) is 9.89. The molecule has 1 saturated carbocycles. The molecule has 0 aliphatic heterocycles. The van der Waals surface area contributed by atoms with Crippen molar-refractivity contribution in [2.24, 2.45) is 10.9 Å². The first kappa shape index (κ1) is 20.4. The molecular formula is C12H24IN5O2S. The number of hydrogen-bond acceptors (Lipinski definition) is 4. The van der Waals surface area contributed by atoms with Crippen LogP contribution in [-0.2, 0) is 10.0 Å². The third kappa shape index (κ3) is 8.43. The topological polar surface area (TPSA) is 106 Å². The molecule has 0 aromatic heterocycles. The smallest absolute Gasteiger partial charge is 0.208 e. The molecule has 0 amide bonds. The van der Waals surface area contributed by atoms with Gasteiger partial charge in [-0.25, -0.2) is 13.1 Å². The van der Waals surface area contributed by atoms with Crippen LogP contribution in [0.2, 0.25) is 0 Å². The molecule has 0 heterocycles. The van der Waals surface area contributed by atoms with Crippen LogP contribution in [0.15, 0.2) is 4.99 Å². The first-order chi connectivity index (χ1) is 9.46. The molecule has 1 aliphatic rings. The van der Waals surface area contributed by atoms with Crippen LogP contribution in [0.4, 0.5) is 0 Å². The van der Waals surface area contributed by atoms with E-state index < -0.39 is 10.0 Å². The number of halogens is 1. The van der Waals surface area contributed by atoms with Crippen molar-refractivity contribution in [1.82, 2.24) is 15.4 Å². The molecule has 7 nitrogen and oxygen atoms in total. The van der Waals surface area contributed by atoms with E-state index in [1.165, 1.54) is 0 Å². The standard InChI is InChI=1S/C12H23N5O2S.HI/c1-3-14-12(15-7-8-16-20(2,18)19)17-11-6-4-5-10(11)9-13;/h10-11,16H,3-8H2,1-2H3,(H2,14,15,17);1H. The summed E-state index contributed by atoms with van der Waals surface area (Å²) in [7, 11) is -3.17. The fraction of sp³-hybridized carbons (Fsp3) is 0.833. The summed E-state index contributed by atoms with van der Waals surface area (Å²) in [6, 6.07) is 2.44. The van der Waals surface area contributed by atoms with Crippen LogP contribution in [-0.4, -0.2) is 46.3 Å². The third-order valence-corrected chi connectivity index (χ3v) is 3.82. The monoisotopic (exact) mass is 429 g/mol. The molecule has 9 heteroatoms. The maximum absolute atomic E-state index is 10.9. The van der Waals surface area contributed by atoms with E-state index in [1.807, 2.05) is 6.92 Å². The molecule has 2 unspecified atom stereocenters. The molecule has 0 radical (unpaired) electrons. The fourth-order valence-electron chi connectivity index (χ4n) is 2.18. The minimum atomic E-state index is -3.17. The van der Waals surface area contributed by atoms with Crippen molar-refractivity contribution in [3.8, 4) is 6.07 Å². The lowest BCUT2D eigenvalue weighted by Gasteiger charge is -2.19. The average Bonchev–Trinajstić information content (AvgIpc) is 2.81. The van der Waals surface area contributed by atoms with Gasteiger partial charge in [0.15, 0.2) is 5.96 Å². The number of nitriles is 1. The van der Waals surface area contributed by atoms with Gasteiger partial charge in [0.2, 0.25) is 10.0 Å². The van der Waals surface area contributed by atoms with Crippen molar-refractivity contribution >= 4 is 40.0 Å². The minimum Gasteiger partial charge on any atom is -0.357 e. The van der Waals surface area contributed by atoms with Gasteiger partial charge in [0.05, 0.1) is 24.8 Å². The van der Waals surface area contributed by atoms with E-state index in [-0.39, 0.29) is 42.5 Å². The van der Waals surface area contributed by atoms with E-state index in [0.717, 1.165) is 32.1 Å². The number of guanidine groups is 1. The van der Waals surface area contributed by atoms with Crippen LogP contribution in [0.5, 0.6) is 0 Å². The molecule has 0 spiro atoms. The molecule has 21 heavy (non-hydrogen) atoms. The molecule has 3 N–H and O–H groups in total. The first-order valence-electron chi connectivity index (χ1n) is 6.85. The molecule has 0 aromatic rings. The lowest BCUT2D eigenvalue weighted by molar-refractivity contribution is 0.532. The molecular weight excluding hydrogens is 405 g/mol. The van der Waals surface area contributed by atoms with Crippen LogP contribution >= 0.6 is 24.0 Å². The zero-order valence-corrected chi connectivity index (χ0v) is 15.6. The Balaban J connectivity index is 0.00000400. The van der Waals surface area contributed by atoms with E-state index in [9.17, 15) is 8.42 Å². The van der Waals surface area contributed by atoms with Gasteiger partial charge < -0.3 is 10.6 Å². The van der Waals surface area contributed by atoms with Crippen molar-refractivity contribution in [2.45, 2.75) is 32.2 Å². The lowest BCUT2D eigenvalue weighted by Crippen LogP contribution is -2.45. The van der Waals surface area contributed by atoms with Gasteiger partial charge in [-0.2, -0.15) is 5.26 Å². The Morgan fingerprint density at radius 3 is 2.71 bits per heavy atom. The Labute approximate surface area is 144 Å². The van der Waals surface area contributed by atoms with E-state index in [0.29, 0.717) is 12.5 Å². The van der Waals surface area contributed by atoms with Crippen LogP contribution in [0, 0.1) is 17.2 Å². The number of hydrogen-bond donors (Lipinski definition) is 3. The van der Waals surface area contributed by atoms with Crippen molar-refractivity contribution in [3.63, 3.8) is 0 Å². The summed E-state index contributed by atoms with van der Waals surface area (Å²) in [6.45, 7) is 3.30. The summed E-state index contributed by atoms with van der Waals surface area (Å²) in [5, 5.41) is 15.4. The summed E-state index contributed by atoms with van der Waals surface area (Å²) in [6.07, 6.45) is 4.05. The second kappa shape index (κ2) is 10.2. The Bertz CT molecular complexity index is 475. The number of nitrogens with zero attached hydrogens (tertiary/aromatic N) is 2. The van der Waals surface area contributed by atoms with Gasteiger partial charge in [-0.15, -0.1) is 24.0 Å². The molecule has 1 aliphatic carbocycles. The van der Waals surface area contributed by atoms with Gasteiger partial charge >= 0.3 is 0 Å². The van der Waals surface area contributed by atoms with E-state index in [2.05, 4.69) is 26.4 Å². The Hall–Kier alpha value is -0.600. The SMILES string of the molecule is CCNC(=NCCNS(C)(=O)=O)NC1CCCC1C#N.I. The summed E-state index contributed by atoms with van der Waals surface area (Å²) >= 11 is 0. The van der Waals surface area contributed by atoms with Gasteiger partial charge in [0.25, 0.3) is 0 Å². The summed E-state index contributed by atoms with van der Waals surface area (Å²) < 4.78 is 24.3. The second-order valence-corrected chi connectivity index (χ2v) is 6.68. The normalized spacial score (nSPS) is 22.2. The van der Waals surface area contributed by atoms with Gasteiger partial charge in [0.1, 0.15) is 0 Å². The first-order valence-corrected chi connectivity index (χ1v) is 8.74. The summed E-state index contributed by atoms with van der Waals surface area (Å²) in [4.78, 5) is 4.31. The van der Waals surface area contributed by atoms with Gasteiger partial charge in [-0.1, -0.05) is 0 Å². The number of aliphatic imine (C=N–C) groups is 1. The Morgan fingerprint density at radius 2 is 2.14 bits per heavy atom. The highest BCUT2D eigenvalue weighted by molar-refractivity contribution is 14.0. The van der Waals surface area contributed by atoms with Crippen LogP contribution < -0.4 is 15.4 Å². The zero-order valence-electron chi connectivity index (χ0n) is 12.4. The summed E-state index contributed by atoms with van der Waals surface area (Å²) in [5.74, 6) is 0.656. The van der Waals surface area contributed by atoms with Crippen molar-refractivity contribution in [3.05, 3.63) is 0 Å². The number of nitrogens with one attached hydrogen (secondary N) is 3. The zero-order chi connectivity index (χ0) is 15.0. The third-order valence-electron chi connectivity index (χ3n) is 3.09. The van der Waals surface area contributed by atoms with Crippen LogP contribution in [0.25, 0.3) is 0 Å². The molecule has 122 valence electrons. The van der Waals surface area contributed by atoms with Crippen LogP contribution in [0.3, 0.4) is 0 Å². The molecule has 0 saturated heterocycles. The largest absolute Gasteiger partial charge is 0.357 e. The van der Waals surface area contributed by atoms with Gasteiger partial charge in [-0.3, -0.25) is 4.99 Å². The van der Waals surface area contributed by atoms with E-state index in [4.69, 9.17) is 5.26 Å². The predicted molar refractivity (Wildman–Crippen MR) is 94.1 cm³/mol. The maximum Gasteiger partial charge on any atom is 0.208 e. The van der Waals surface area contributed by atoms with E-state index in [1.54, 1.807) is 0 Å². The molecule has 0 aromatic carbocycles. The highest BCUT2D eigenvalue weighted by Crippen LogP contribution is 2.24. The number of rotatable bonds is 6. The quantitative estimate of drug-likeness (QED) is 0.245. The van der Waals surface area contributed by atoms with Gasteiger partial charge in [0, 0.05) is 19.1 Å². The maximum atomic E-state index is 10.9.